The maximum atomic E-state index is 12.0. The fourth-order valence-corrected chi connectivity index (χ4v) is 2.72. The van der Waals surface area contributed by atoms with Crippen LogP contribution in [0.1, 0.15) is 51.4 Å². The lowest BCUT2D eigenvalue weighted by atomic mass is 10.0. The standard InChI is InChI=1S/C16H25N3O3/c1-2-11-18-16(22)13(8-9-14(17)20)19-15(21)10-7-12-5-3-4-6-12/h1,12-13H,3-11H2,(H2,17,20)(H,18,22)(H,19,21)/t13-/m1/s1. The minimum Gasteiger partial charge on any atom is -0.370 e. The summed E-state index contributed by atoms with van der Waals surface area (Å²) in [6.07, 6.45) is 11.4. The molecule has 0 saturated heterocycles. The Balaban J connectivity index is 2.42. The maximum Gasteiger partial charge on any atom is 0.243 e. The van der Waals surface area contributed by atoms with Gasteiger partial charge in [-0.05, 0) is 18.8 Å². The summed E-state index contributed by atoms with van der Waals surface area (Å²) in [5, 5.41) is 5.19. The number of primary amides is 1. The summed E-state index contributed by atoms with van der Waals surface area (Å²) >= 11 is 0. The van der Waals surface area contributed by atoms with Crippen LogP contribution in [0.25, 0.3) is 0 Å². The predicted octanol–water partition coefficient (Wildman–Crippen LogP) is 0.456. The Morgan fingerprint density at radius 3 is 2.50 bits per heavy atom. The number of rotatable bonds is 9. The van der Waals surface area contributed by atoms with Gasteiger partial charge in [-0.3, -0.25) is 14.4 Å². The Kier molecular flexibility index (Phi) is 8.05. The minimum atomic E-state index is -0.767. The number of terminal acetylenes is 1. The molecule has 6 nitrogen and oxygen atoms in total. The second-order valence-corrected chi connectivity index (χ2v) is 5.74. The highest BCUT2D eigenvalue weighted by molar-refractivity contribution is 5.88. The van der Waals surface area contributed by atoms with Gasteiger partial charge < -0.3 is 16.4 Å². The highest BCUT2D eigenvalue weighted by Gasteiger charge is 2.22. The zero-order valence-corrected chi connectivity index (χ0v) is 12.9. The van der Waals surface area contributed by atoms with Crippen molar-refractivity contribution in [2.24, 2.45) is 11.7 Å². The van der Waals surface area contributed by atoms with E-state index in [0.717, 1.165) is 6.42 Å². The molecule has 22 heavy (non-hydrogen) atoms. The maximum absolute atomic E-state index is 12.0. The van der Waals surface area contributed by atoms with Crippen molar-refractivity contribution in [2.45, 2.75) is 57.4 Å². The van der Waals surface area contributed by atoms with Gasteiger partial charge in [-0.2, -0.15) is 0 Å². The van der Waals surface area contributed by atoms with Gasteiger partial charge in [0.15, 0.2) is 0 Å². The van der Waals surface area contributed by atoms with E-state index in [1.54, 1.807) is 0 Å². The van der Waals surface area contributed by atoms with E-state index in [9.17, 15) is 14.4 Å². The van der Waals surface area contributed by atoms with E-state index in [0.29, 0.717) is 12.3 Å². The molecular weight excluding hydrogens is 282 g/mol. The Bertz CT molecular complexity index is 436. The molecule has 1 rings (SSSR count). The number of hydrogen-bond donors (Lipinski definition) is 3. The highest BCUT2D eigenvalue weighted by Crippen LogP contribution is 2.28. The van der Waals surface area contributed by atoms with Crippen molar-refractivity contribution >= 4 is 17.7 Å². The molecule has 0 aromatic rings. The molecule has 0 bridgehead atoms. The molecule has 0 aromatic heterocycles. The summed E-state index contributed by atoms with van der Waals surface area (Å²) in [6.45, 7) is 0.0872. The average molecular weight is 307 g/mol. The molecule has 6 heteroatoms. The van der Waals surface area contributed by atoms with Crippen LogP contribution in [0.4, 0.5) is 0 Å². The number of nitrogens with two attached hydrogens (primary N) is 1. The summed E-state index contributed by atoms with van der Waals surface area (Å²) in [5.74, 6) is 1.86. The van der Waals surface area contributed by atoms with Gasteiger partial charge in [0.1, 0.15) is 6.04 Å². The molecule has 0 spiro atoms. The largest absolute Gasteiger partial charge is 0.370 e. The van der Waals surface area contributed by atoms with E-state index in [4.69, 9.17) is 12.2 Å². The Morgan fingerprint density at radius 1 is 1.23 bits per heavy atom. The molecule has 0 heterocycles. The number of carbonyl (C=O) groups is 3. The summed E-state index contributed by atoms with van der Waals surface area (Å²) in [6, 6.07) is -0.767. The molecule has 1 aliphatic rings. The molecule has 0 aromatic carbocycles. The van der Waals surface area contributed by atoms with E-state index in [1.165, 1.54) is 25.7 Å². The number of amides is 3. The van der Waals surface area contributed by atoms with Gasteiger partial charge in [0.2, 0.25) is 17.7 Å². The lowest BCUT2D eigenvalue weighted by molar-refractivity contribution is -0.129. The molecular formula is C16H25N3O3. The normalized spacial score (nSPS) is 15.8. The van der Waals surface area contributed by atoms with Crippen LogP contribution < -0.4 is 16.4 Å². The average Bonchev–Trinajstić information content (AvgIpc) is 3.00. The fourth-order valence-electron chi connectivity index (χ4n) is 2.72. The number of nitrogens with one attached hydrogen (secondary N) is 2. The van der Waals surface area contributed by atoms with Crippen molar-refractivity contribution < 1.29 is 14.4 Å². The summed E-state index contributed by atoms with van der Waals surface area (Å²) < 4.78 is 0. The van der Waals surface area contributed by atoms with Crippen molar-refractivity contribution in [3.05, 3.63) is 0 Å². The first-order valence-corrected chi connectivity index (χ1v) is 7.81. The summed E-state index contributed by atoms with van der Waals surface area (Å²) in [5.41, 5.74) is 5.10. The van der Waals surface area contributed by atoms with Gasteiger partial charge >= 0.3 is 0 Å². The van der Waals surface area contributed by atoms with Gasteiger partial charge in [0, 0.05) is 12.8 Å². The highest BCUT2D eigenvalue weighted by atomic mass is 16.2. The van der Waals surface area contributed by atoms with Crippen LogP contribution in [0.3, 0.4) is 0 Å². The first-order chi connectivity index (χ1) is 10.5. The fraction of sp³-hybridized carbons (Fsp3) is 0.688. The zero-order chi connectivity index (χ0) is 16.4. The van der Waals surface area contributed by atoms with Crippen LogP contribution in [0, 0.1) is 18.3 Å². The Labute approximate surface area is 131 Å². The van der Waals surface area contributed by atoms with Gasteiger partial charge in [0.25, 0.3) is 0 Å². The van der Waals surface area contributed by atoms with Gasteiger partial charge in [-0.1, -0.05) is 31.6 Å². The van der Waals surface area contributed by atoms with Crippen molar-refractivity contribution in [3.8, 4) is 12.3 Å². The lowest BCUT2D eigenvalue weighted by Crippen LogP contribution is -2.47. The van der Waals surface area contributed by atoms with E-state index < -0.39 is 11.9 Å². The Hall–Kier alpha value is -2.03. The van der Waals surface area contributed by atoms with E-state index in [-0.39, 0.29) is 31.2 Å². The van der Waals surface area contributed by atoms with Crippen molar-refractivity contribution in [2.75, 3.05) is 6.54 Å². The quantitative estimate of drug-likeness (QED) is 0.539. The van der Waals surface area contributed by atoms with Crippen molar-refractivity contribution in [1.82, 2.24) is 10.6 Å². The first-order valence-electron chi connectivity index (χ1n) is 7.81. The monoisotopic (exact) mass is 307 g/mol. The van der Waals surface area contributed by atoms with Gasteiger partial charge in [0.05, 0.1) is 6.54 Å². The topological polar surface area (TPSA) is 101 Å². The third-order valence-electron chi connectivity index (χ3n) is 3.95. The van der Waals surface area contributed by atoms with Crippen molar-refractivity contribution in [3.63, 3.8) is 0 Å². The smallest absolute Gasteiger partial charge is 0.243 e. The van der Waals surface area contributed by atoms with Crippen LogP contribution >= 0.6 is 0 Å². The first kappa shape index (κ1) is 18.0. The SMILES string of the molecule is C#CCNC(=O)[C@@H](CCC(N)=O)NC(=O)CCC1CCCC1. The number of hydrogen-bond acceptors (Lipinski definition) is 3. The predicted molar refractivity (Wildman–Crippen MR) is 83.4 cm³/mol. The van der Waals surface area contributed by atoms with Gasteiger partial charge in [-0.15, -0.1) is 6.42 Å². The Morgan fingerprint density at radius 2 is 1.91 bits per heavy atom. The summed E-state index contributed by atoms with van der Waals surface area (Å²) in [7, 11) is 0. The second-order valence-electron chi connectivity index (χ2n) is 5.74. The minimum absolute atomic E-state index is 0.0387. The van der Waals surface area contributed by atoms with Crippen LogP contribution in [0.2, 0.25) is 0 Å². The van der Waals surface area contributed by atoms with Crippen LogP contribution in [-0.2, 0) is 14.4 Å². The molecule has 1 saturated carbocycles. The molecule has 4 N–H and O–H groups in total. The van der Waals surface area contributed by atoms with Crippen LogP contribution in [-0.4, -0.2) is 30.3 Å². The molecule has 0 aliphatic heterocycles. The molecule has 0 unspecified atom stereocenters. The lowest BCUT2D eigenvalue weighted by Gasteiger charge is -2.18. The van der Waals surface area contributed by atoms with Crippen LogP contribution in [0.15, 0.2) is 0 Å². The van der Waals surface area contributed by atoms with E-state index in [1.807, 2.05) is 0 Å². The summed E-state index contributed by atoms with van der Waals surface area (Å²) in [4.78, 5) is 34.8. The molecule has 1 atom stereocenters. The third kappa shape index (κ3) is 7.11. The van der Waals surface area contributed by atoms with Gasteiger partial charge in [-0.25, -0.2) is 0 Å². The van der Waals surface area contributed by atoms with Crippen molar-refractivity contribution in [1.29, 1.82) is 0 Å². The third-order valence-corrected chi connectivity index (χ3v) is 3.95. The van der Waals surface area contributed by atoms with E-state index >= 15 is 0 Å². The molecule has 1 fully saturated rings. The molecule has 122 valence electrons. The molecule has 3 amide bonds. The number of carbonyl (C=O) groups excluding carboxylic acids is 3. The van der Waals surface area contributed by atoms with E-state index in [2.05, 4.69) is 16.6 Å². The van der Waals surface area contributed by atoms with Crippen LogP contribution in [0.5, 0.6) is 0 Å². The second kappa shape index (κ2) is 9.82. The zero-order valence-electron chi connectivity index (χ0n) is 12.9. The molecule has 0 radical (unpaired) electrons. The molecule has 1 aliphatic carbocycles.